The highest BCUT2D eigenvalue weighted by Gasteiger charge is 2.22. The molecule has 7 heteroatoms. The summed E-state index contributed by atoms with van der Waals surface area (Å²) in [5.41, 5.74) is 0.506. The lowest BCUT2D eigenvalue weighted by Gasteiger charge is -2.29. The number of aryl methyl sites for hydroxylation is 1. The van der Waals surface area contributed by atoms with Crippen LogP contribution in [-0.2, 0) is 6.54 Å². The van der Waals surface area contributed by atoms with Crippen LogP contribution < -0.4 is 10.3 Å². The highest BCUT2D eigenvalue weighted by Crippen LogP contribution is 2.33. The fraction of sp³-hybridized carbons (Fsp3) is 0.350. The van der Waals surface area contributed by atoms with Gasteiger partial charge < -0.3 is 14.6 Å². The van der Waals surface area contributed by atoms with E-state index in [4.69, 9.17) is 0 Å². The molecule has 0 bridgehead atoms. The molecule has 0 unspecified atom stereocenters. The lowest BCUT2D eigenvalue weighted by Crippen LogP contribution is -2.30. The highest BCUT2D eigenvalue weighted by molar-refractivity contribution is 6.09. The van der Waals surface area contributed by atoms with E-state index in [0.717, 1.165) is 32.4 Å². The van der Waals surface area contributed by atoms with Gasteiger partial charge in [0.15, 0.2) is 0 Å². The smallest absolute Gasteiger partial charge is 0.341 e. The molecule has 1 saturated heterocycles. The molecule has 27 heavy (non-hydrogen) atoms. The SMILES string of the molecule is CCn1cc(C(=O)O)c(=O)c2c3ccc(F)c(N4CCCCC4)c3ncc21. The Bertz CT molecular complexity index is 1120. The van der Waals surface area contributed by atoms with E-state index < -0.39 is 11.4 Å². The van der Waals surface area contributed by atoms with Gasteiger partial charge in [0.1, 0.15) is 11.4 Å². The fourth-order valence-corrected chi connectivity index (χ4v) is 3.92. The number of halogens is 1. The van der Waals surface area contributed by atoms with Crippen LogP contribution in [0.4, 0.5) is 10.1 Å². The third kappa shape index (κ3) is 2.74. The van der Waals surface area contributed by atoms with Gasteiger partial charge >= 0.3 is 5.97 Å². The summed E-state index contributed by atoms with van der Waals surface area (Å²) < 4.78 is 16.4. The van der Waals surface area contributed by atoms with E-state index >= 15 is 0 Å². The number of carboxylic acid groups (broad SMARTS) is 1. The first kappa shape index (κ1) is 17.5. The Balaban J connectivity index is 2.11. The molecule has 1 N–H and O–H groups in total. The zero-order valence-electron chi connectivity index (χ0n) is 15.0. The Morgan fingerprint density at radius 2 is 2.00 bits per heavy atom. The number of aromatic nitrogens is 2. The quantitative estimate of drug-likeness (QED) is 0.716. The molecule has 3 heterocycles. The van der Waals surface area contributed by atoms with Crippen molar-refractivity contribution in [1.82, 2.24) is 9.55 Å². The number of piperidine rings is 1. The first-order chi connectivity index (χ1) is 13.0. The number of carbonyl (C=O) groups is 1. The second-order valence-corrected chi connectivity index (χ2v) is 6.82. The van der Waals surface area contributed by atoms with Gasteiger partial charge in [-0.3, -0.25) is 9.78 Å². The minimum absolute atomic E-state index is 0.278. The Morgan fingerprint density at radius 3 is 2.67 bits per heavy atom. The van der Waals surface area contributed by atoms with Crippen LogP contribution in [0.1, 0.15) is 36.5 Å². The number of rotatable bonds is 3. The number of benzene rings is 1. The summed E-state index contributed by atoms with van der Waals surface area (Å²) in [6.45, 7) is 3.84. The van der Waals surface area contributed by atoms with Crippen molar-refractivity contribution in [3.05, 3.63) is 46.1 Å². The van der Waals surface area contributed by atoms with Gasteiger partial charge in [0.25, 0.3) is 0 Å². The van der Waals surface area contributed by atoms with Crippen LogP contribution in [0.15, 0.2) is 29.3 Å². The molecule has 140 valence electrons. The first-order valence-corrected chi connectivity index (χ1v) is 9.15. The molecule has 0 radical (unpaired) electrons. The van der Waals surface area contributed by atoms with Crippen molar-refractivity contribution in [3.63, 3.8) is 0 Å². The Hall–Kier alpha value is -2.96. The van der Waals surface area contributed by atoms with Gasteiger partial charge in [-0.1, -0.05) is 0 Å². The molecule has 6 nitrogen and oxygen atoms in total. The zero-order chi connectivity index (χ0) is 19.1. The topological polar surface area (TPSA) is 75.4 Å². The molecule has 3 aromatic rings. The molecule has 1 aliphatic rings. The van der Waals surface area contributed by atoms with Crippen LogP contribution in [0.3, 0.4) is 0 Å². The van der Waals surface area contributed by atoms with E-state index in [0.29, 0.717) is 28.7 Å². The number of nitrogens with zero attached hydrogens (tertiary/aromatic N) is 3. The van der Waals surface area contributed by atoms with E-state index in [9.17, 15) is 19.1 Å². The molecule has 2 aromatic heterocycles. The van der Waals surface area contributed by atoms with E-state index in [1.807, 2.05) is 11.8 Å². The molecule has 0 amide bonds. The van der Waals surface area contributed by atoms with Crippen molar-refractivity contribution in [3.8, 4) is 0 Å². The molecule has 1 aliphatic heterocycles. The summed E-state index contributed by atoms with van der Waals surface area (Å²) in [4.78, 5) is 30.9. The largest absolute Gasteiger partial charge is 0.477 e. The summed E-state index contributed by atoms with van der Waals surface area (Å²) in [6.07, 6.45) is 5.96. The molecule has 0 atom stereocenters. The van der Waals surface area contributed by atoms with E-state index in [-0.39, 0.29) is 16.8 Å². The van der Waals surface area contributed by atoms with Crippen molar-refractivity contribution in [2.24, 2.45) is 0 Å². The molecule has 1 fully saturated rings. The third-order valence-corrected chi connectivity index (χ3v) is 5.25. The maximum Gasteiger partial charge on any atom is 0.341 e. The number of anilines is 1. The van der Waals surface area contributed by atoms with Crippen molar-refractivity contribution in [2.45, 2.75) is 32.7 Å². The van der Waals surface area contributed by atoms with E-state index in [1.54, 1.807) is 10.8 Å². The Labute approximate surface area is 154 Å². The summed E-state index contributed by atoms with van der Waals surface area (Å²) in [5.74, 6) is -1.64. The van der Waals surface area contributed by atoms with Crippen LogP contribution in [0.25, 0.3) is 21.8 Å². The van der Waals surface area contributed by atoms with Crippen molar-refractivity contribution in [1.29, 1.82) is 0 Å². The van der Waals surface area contributed by atoms with Gasteiger partial charge in [0, 0.05) is 31.2 Å². The molecule has 4 rings (SSSR count). The minimum atomic E-state index is -1.27. The molecule has 1 aromatic carbocycles. The average Bonchev–Trinajstić information content (AvgIpc) is 2.68. The van der Waals surface area contributed by atoms with Gasteiger partial charge in [0.2, 0.25) is 5.43 Å². The summed E-state index contributed by atoms with van der Waals surface area (Å²) >= 11 is 0. The lowest BCUT2D eigenvalue weighted by atomic mass is 10.0. The predicted octanol–water partition coefficient (Wildman–Crippen LogP) is 3.40. The summed E-state index contributed by atoms with van der Waals surface area (Å²) in [5, 5.41) is 10.2. The molecular formula is C20H20FN3O3. The number of hydrogen-bond acceptors (Lipinski definition) is 4. The zero-order valence-corrected chi connectivity index (χ0v) is 15.0. The van der Waals surface area contributed by atoms with Crippen LogP contribution >= 0.6 is 0 Å². The number of pyridine rings is 2. The normalized spacial score (nSPS) is 14.8. The van der Waals surface area contributed by atoms with Crippen molar-refractivity contribution < 1.29 is 14.3 Å². The van der Waals surface area contributed by atoms with Gasteiger partial charge in [-0.15, -0.1) is 0 Å². The van der Waals surface area contributed by atoms with E-state index in [2.05, 4.69) is 4.98 Å². The minimum Gasteiger partial charge on any atom is -0.477 e. The third-order valence-electron chi connectivity index (χ3n) is 5.25. The Kier molecular flexibility index (Phi) is 4.30. The van der Waals surface area contributed by atoms with Gasteiger partial charge in [-0.25, -0.2) is 9.18 Å². The van der Waals surface area contributed by atoms with Gasteiger partial charge in [-0.05, 0) is 38.3 Å². The fourth-order valence-electron chi connectivity index (χ4n) is 3.92. The van der Waals surface area contributed by atoms with Crippen LogP contribution in [-0.4, -0.2) is 33.7 Å². The summed E-state index contributed by atoms with van der Waals surface area (Å²) in [7, 11) is 0. The molecular weight excluding hydrogens is 349 g/mol. The van der Waals surface area contributed by atoms with E-state index in [1.165, 1.54) is 18.3 Å². The molecule has 0 saturated carbocycles. The van der Waals surface area contributed by atoms with Crippen LogP contribution in [0, 0.1) is 5.82 Å². The Morgan fingerprint density at radius 1 is 1.26 bits per heavy atom. The van der Waals surface area contributed by atoms with Gasteiger partial charge in [-0.2, -0.15) is 0 Å². The highest BCUT2D eigenvalue weighted by atomic mass is 19.1. The maximum absolute atomic E-state index is 14.7. The first-order valence-electron chi connectivity index (χ1n) is 9.15. The second kappa shape index (κ2) is 6.64. The van der Waals surface area contributed by atoms with Crippen LogP contribution in [0.5, 0.6) is 0 Å². The van der Waals surface area contributed by atoms with Crippen molar-refractivity contribution in [2.75, 3.05) is 18.0 Å². The monoisotopic (exact) mass is 369 g/mol. The van der Waals surface area contributed by atoms with Gasteiger partial charge in [0.05, 0.1) is 28.3 Å². The second-order valence-electron chi connectivity index (χ2n) is 6.82. The number of fused-ring (bicyclic) bond motifs is 3. The standard InChI is InChI=1S/C20H20FN3O3/c1-2-23-11-13(20(26)27)19(25)16-12-6-7-14(21)18(17(12)22-10-15(16)23)24-8-4-3-5-9-24/h6-7,10-11H,2-5,8-9H2,1H3,(H,26,27). The maximum atomic E-state index is 14.7. The van der Waals surface area contributed by atoms with Crippen molar-refractivity contribution >= 4 is 33.5 Å². The number of carboxylic acids is 1. The predicted molar refractivity (Wildman–Crippen MR) is 102 cm³/mol. The molecule has 0 spiro atoms. The average molecular weight is 369 g/mol. The van der Waals surface area contributed by atoms with Crippen LogP contribution in [0.2, 0.25) is 0 Å². The number of aromatic carboxylic acids is 1. The summed E-state index contributed by atoms with van der Waals surface area (Å²) in [6, 6.07) is 2.87. The molecule has 0 aliphatic carbocycles. The lowest BCUT2D eigenvalue weighted by molar-refractivity contribution is 0.0695. The number of hydrogen-bond donors (Lipinski definition) is 1.